The SMILES string of the molecule is C=C(C)C1CN(c2c(C)ccnc2OC)C(=O)c2cc(F)c(-n3nc(CO)n(CC)c3=O)cc21. The van der Waals surface area contributed by atoms with Crippen LogP contribution in [0.15, 0.2) is 41.3 Å². The Labute approximate surface area is 195 Å². The maximum absolute atomic E-state index is 15.3. The van der Waals surface area contributed by atoms with Crippen molar-refractivity contribution in [2.24, 2.45) is 0 Å². The van der Waals surface area contributed by atoms with Crippen LogP contribution in [0.3, 0.4) is 0 Å². The summed E-state index contributed by atoms with van der Waals surface area (Å²) < 4.78 is 22.9. The van der Waals surface area contributed by atoms with Gasteiger partial charge in [-0.15, -0.1) is 5.10 Å². The molecule has 1 amide bonds. The zero-order valence-electron chi connectivity index (χ0n) is 19.5. The van der Waals surface area contributed by atoms with Crippen molar-refractivity contribution in [2.45, 2.75) is 39.8 Å². The number of fused-ring (bicyclic) bond motifs is 1. The average Bonchev–Trinajstić information content (AvgIpc) is 3.14. The lowest BCUT2D eigenvalue weighted by atomic mass is 9.84. The predicted molar refractivity (Wildman–Crippen MR) is 124 cm³/mol. The van der Waals surface area contributed by atoms with Gasteiger partial charge >= 0.3 is 5.69 Å². The number of benzene rings is 1. The molecule has 1 N–H and O–H groups in total. The van der Waals surface area contributed by atoms with Crippen LogP contribution < -0.4 is 15.3 Å². The maximum Gasteiger partial charge on any atom is 0.350 e. The molecule has 4 rings (SSSR count). The van der Waals surface area contributed by atoms with E-state index in [2.05, 4.69) is 16.7 Å². The van der Waals surface area contributed by atoms with E-state index in [0.717, 1.165) is 21.9 Å². The summed E-state index contributed by atoms with van der Waals surface area (Å²) in [5.41, 5.74) is 2.12. The van der Waals surface area contributed by atoms with Crippen LogP contribution in [0.25, 0.3) is 5.69 Å². The van der Waals surface area contributed by atoms with Crippen molar-refractivity contribution in [2.75, 3.05) is 18.6 Å². The van der Waals surface area contributed by atoms with Gasteiger partial charge in [-0.25, -0.2) is 14.2 Å². The minimum absolute atomic E-state index is 0.0895. The Hall–Kier alpha value is -3.79. The Morgan fingerprint density at radius 3 is 2.68 bits per heavy atom. The molecule has 0 spiro atoms. The Morgan fingerprint density at radius 2 is 2.09 bits per heavy atom. The summed E-state index contributed by atoms with van der Waals surface area (Å²) in [7, 11) is 1.48. The van der Waals surface area contributed by atoms with Crippen molar-refractivity contribution in [1.82, 2.24) is 19.3 Å². The van der Waals surface area contributed by atoms with Gasteiger partial charge in [0.2, 0.25) is 5.88 Å². The fourth-order valence-electron chi connectivity index (χ4n) is 4.37. The molecule has 1 aliphatic rings. The van der Waals surface area contributed by atoms with Crippen LogP contribution in [0.1, 0.15) is 47.1 Å². The molecule has 34 heavy (non-hydrogen) atoms. The zero-order valence-corrected chi connectivity index (χ0v) is 19.5. The fraction of sp³-hybridized carbons (Fsp3) is 0.333. The number of amides is 1. The highest BCUT2D eigenvalue weighted by Gasteiger charge is 2.36. The second kappa shape index (κ2) is 8.86. The molecule has 0 bridgehead atoms. The van der Waals surface area contributed by atoms with E-state index in [0.29, 0.717) is 17.1 Å². The van der Waals surface area contributed by atoms with Gasteiger partial charge in [0, 0.05) is 30.8 Å². The van der Waals surface area contributed by atoms with Gasteiger partial charge in [-0.1, -0.05) is 12.2 Å². The van der Waals surface area contributed by atoms with Crippen LogP contribution in [0.2, 0.25) is 0 Å². The van der Waals surface area contributed by atoms with Gasteiger partial charge in [-0.3, -0.25) is 9.36 Å². The largest absolute Gasteiger partial charge is 0.480 e. The number of ether oxygens (including phenoxy) is 1. The maximum atomic E-state index is 15.3. The predicted octanol–water partition coefficient (Wildman–Crippen LogP) is 2.72. The molecular weight excluding hydrogens is 441 g/mol. The van der Waals surface area contributed by atoms with E-state index in [9.17, 15) is 14.7 Å². The van der Waals surface area contributed by atoms with Crippen molar-refractivity contribution >= 4 is 11.6 Å². The minimum atomic E-state index is -0.781. The van der Waals surface area contributed by atoms with Crippen LogP contribution in [0.4, 0.5) is 10.1 Å². The monoisotopic (exact) mass is 467 g/mol. The Kier molecular flexibility index (Phi) is 6.09. The van der Waals surface area contributed by atoms with E-state index < -0.39 is 24.0 Å². The first-order valence-electron chi connectivity index (χ1n) is 10.8. The van der Waals surface area contributed by atoms with Crippen LogP contribution >= 0.6 is 0 Å². The number of halogens is 1. The number of aryl methyl sites for hydroxylation is 1. The number of hydrogen-bond donors (Lipinski definition) is 1. The first kappa shape index (κ1) is 23.4. The number of rotatable bonds is 6. The average molecular weight is 468 g/mol. The molecule has 0 radical (unpaired) electrons. The van der Waals surface area contributed by atoms with Gasteiger partial charge < -0.3 is 14.7 Å². The number of carbonyl (C=O) groups excluding carboxylic acids is 1. The highest BCUT2D eigenvalue weighted by Crippen LogP contribution is 2.40. The summed E-state index contributed by atoms with van der Waals surface area (Å²) in [6.07, 6.45) is 1.59. The third-order valence-corrected chi connectivity index (χ3v) is 6.11. The normalized spacial score (nSPS) is 15.4. The lowest BCUT2D eigenvalue weighted by Crippen LogP contribution is -2.41. The molecule has 1 atom stereocenters. The summed E-state index contributed by atoms with van der Waals surface area (Å²) in [6.45, 7) is 9.55. The zero-order chi connectivity index (χ0) is 24.7. The van der Waals surface area contributed by atoms with Gasteiger partial charge in [0.15, 0.2) is 5.82 Å². The molecule has 1 aromatic carbocycles. The molecule has 0 aliphatic carbocycles. The standard InChI is InChI=1S/C24H26FN5O4/c1-6-28-20(12-31)27-30(24(28)33)19-10-15-16(9-18(19)25)23(32)29(11-17(15)13(2)3)21-14(4)7-8-26-22(21)34-5/h7-10,17,31H,2,6,11-12H2,1,3-5H3. The van der Waals surface area contributed by atoms with E-state index in [4.69, 9.17) is 4.74 Å². The van der Waals surface area contributed by atoms with Crippen molar-refractivity contribution in [1.29, 1.82) is 0 Å². The lowest BCUT2D eigenvalue weighted by molar-refractivity contribution is 0.0976. The second-order valence-corrected chi connectivity index (χ2v) is 8.20. The van der Waals surface area contributed by atoms with Gasteiger partial charge in [0.05, 0.1) is 7.11 Å². The third-order valence-electron chi connectivity index (χ3n) is 6.11. The number of hydrogen-bond acceptors (Lipinski definition) is 6. The number of anilines is 1. The molecule has 3 heterocycles. The summed E-state index contributed by atoms with van der Waals surface area (Å²) in [4.78, 5) is 32.1. The molecule has 2 aromatic heterocycles. The third kappa shape index (κ3) is 3.60. The fourth-order valence-corrected chi connectivity index (χ4v) is 4.37. The number of pyridine rings is 1. The van der Waals surface area contributed by atoms with Crippen molar-refractivity contribution in [3.63, 3.8) is 0 Å². The molecule has 178 valence electrons. The van der Waals surface area contributed by atoms with Gasteiger partial charge in [0.25, 0.3) is 5.91 Å². The number of carbonyl (C=O) groups is 1. The minimum Gasteiger partial charge on any atom is -0.480 e. The molecule has 0 fully saturated rings. The number of aromatic nitrogens is 4. The molecule has 1 unspecified atom stereocenters. The first-order valence-corrected chi connectivity index (χ1v) is 10.8. The molecule has 0 saturated heterocycles. The number of aliphatic hydroxyl groups is 1. The van der Waals surface area contributed by atoms with Gasteiger partial charge in [0.1, 0.15) is 23.8 Å². The van der Waals surface area contributed by atoms with E-state index in [1.54, 1.807) is 19.2 Å². The number of aliphatic hydroxyl groups excluding tert-OH is 1. The second-order valence-electron chi connectivity index (χ2n) is 8.20. The summed E-state index contributed by atoms with van der Waals surface area (Å²) in [5.74, 6) is -1.10. The molecule has 9 nitrogen and oxygen atoms in total. The quantitative estimate of drug-likeness (QED) is 0.560. The Bertz CT molecular complexity index is 1360. The van der Waals surface area contributed by atoms with Crippen molar-refractivity contribution < 1.29 is 19.0 Å². The topological polar surface area (TPSA) is 102 Å². The van der Waals surface area contributed by atoms with Crippen LogP contribution in [0, 0.1) is 12.7 Å². The highest BCUT2D eigenvalue weighted by molar-refractivity contribution is 6.09. The summed E-state index contributed by atoms with van der Waals surface area (Å²) in [6, 6.07) is 4.38. The Morgan fingerprint density at radius 1 is 1.35 bits per heavy atom. The first-order chi connectivity index (χ1) is 16.2. The van der Waals surface area contributed by atoms with E-state index >= 15 is 4.39 Å². The highest BCUT2D eigenvalue weighted by atomic mass is 19.1. The van der Waals surface area contributed by atoms with Gasteiger partial charge in [-0.2, -0.15) is 4.68 Å². The number of methoxy groups -OCH3 is 1. The van der Waals surface area contributed by atoms with Crippen LogP contribution in [-0.2, 0) is 13.2 Å². The van der Waals surface area contributed by atoms with E-state index in [1.807, 2.05) is 13.8 Å². The van der Waals surface area contributed by atoms with Crippen molar-refractivity contribution in [3.05, 3.63) is 75.4 Å². The summed E-state index contributed by atoms with van der Waals surface area (Å²) >= 11 is 0. The van der Waals surface area contributed by atoms with Crippen LogP contribution in [0.5, 0.6) is 5.88 Å². The van der Waals surface area contributed by atoms with E-state index in [1.165, 1.54) is 22.6 Å². The molecule has 0 saturated carbocycles. The Balaban J connectivity index is 1.91. The van der Waals surface area contributed by atoms with E-state index in [-0.39, 0.29) is 36.1 Å². The van der Waals surface area contributed by atoms with Crippen molar-refractivity contribution in [3.8, 4) is 11.6 Å². The smallest absolute Gasteiger partial charge is 0.350 e. The number of nitrogens with zero attached hydrogens (tertiary/aromatic N) is 5. The molecule has 10 heteroatoms. The van der Waals surface area contributed by atoms with Crippen LogP contribution in [-0.4, -0.2) is 44.0 Å². The summed E-state index contributed by atoms with van der Waals surface area (Å²) in [5, 5.41) is 13.6. The van der Waals surface area contributed by atoms with Gasteiger partial charge in [-0.05, 0) is 50.1 Å². The molecule has 3 aromatic rings. The molecule has 1 aliphatic heterocycles. The molecular formula is C24H26FN5O4. The lowest BCUT2D eigenvalue weighted by Gasteiger charge is -2.36.